The minimum absolute atomic E-state index is 0.0938. The summed E-state index contributed by atoms with van der Waals surface area (Å²) in [5.74, 6) is 1.10. The smallest absolute Gasteiger partial charge is 0.257 e. The molecule has 0 radical (unpaired) electrons. The van der Waals surface area contributed by atoms with Crippen molar-refractivity contribution in [2.45, 2.75) is 38.5 Å². The summed E-state index contributed by atoms with van der Waals surface area (Å²) >= 11 is 1.94. The molecule has 2 unspecified atom stereocenters. The molecule has 0 aromatic carbocycles. The van der Waals surface area contributed by atoms with E-state index in [9.17, 15) is 4.79 Å². The molecule has 5 heteroatoms. The lowest BCUT2D eigenvalue weighted by Crippen LogP contribution is -2.48. The van der Waals surface area contributed by atoms with Crippen LogP contribution in [0.15, 0.2) is 18.5 Å². The maximum atomic E-state index is 12.8. The van der Waals surface area contributed by atoms with Crippen molar-refractivity contribution >= 4 is 23.4 Å². The molecule has 2 heterocycles. The van der Waals surface area contributed by atoms with Crippen LogP contribution in [0.3, 0.4) is 0 Å². The van der Waals surface area contributed by atoms with Crippen molar-refractivity contribution in [1.82, 2.24) is 9.88 Å². The molecule has 2 rings (SSSR count). The zero-order chi connectivity index (χ0) is 14.5. The van der Waals surface area contributed by atoms with Crippen molar-refractivity contribution in [2.75, 3.05) is 24.2 Å². The van der Waals surface area contributed by atoms with E-state index in [1.807, 2.05) is 22.7 Å². The normalized spacial score (nSPS) is 22.6. The van der Waals surface area contributed by atoms with E-state index in [1.165, 1.54) is 0 Å². The summed E-state index contributed by atoms with van der Waals surface area (Å²) < 4.78 is 0. The maximum Gasteiger partial charge on any atom is 0.257 e. The third-order valence-electron chi connectivity index (χ3n) is 3.76. The van der Waals surface area contributed by atoms with Crippen molar-refractivity contribution in [1.29, 1.82) is 0 Å². The van der Waals surface area contributed by atoms with Crippen LogP contribution in [0.2, 0.25) is 0 Å². The summed E-state index contributed by atoms with van der Waals surface area (Å²) in [5, 5.41) is 3.80. The molecule has 0 aliphatic carbocycles. The van der Waals surface area contributed by atoms with Crippen LogP contribution in [0.5, 0.6) is 0 Å². The molecule has 2 atom stereocenters. The summed E-state index contributed by atoms with van der Waals surface area (Å²) in [4.78, 5) is 18.9. The Morgan fingerprint density at radius 3 is 3.10 bits per heavy atom. The van der Waals surface area contributed by atoms with Crippen molar-refractivity contribution in [3.63, 3.8) is 0 Å². The average molecular weight is 293 g/mol. The largest absolute Gasteiger partial charge is 0.384 e. The van der Waals surface area contributed by atoms with Gasteiger partial charge in [0, 0.05) is 42.5 Å². The highest BCUT2D eigenvalue weighted by Crippen LogP contribution is 2.27. The second kappa shape index (κ2) is 6.97. The number of carbonyl (C=O) groups excluding carboxylic acids is 1. The van der Waals surface area contributed by atoms with E-state index in [-0.39, 0.29) is 11.9 Å². The zero-order valence-corrected chi connectivity index (χ0v) is 13.2. The first-order chi connectivity index (χ1) is 9.65. The summed E-state index contributed by atoms with van der Waals surface area (Å²) in [7, 11) is 0. The minimum Gasteiger partial charge on any atom is -0.384 e. The highest BCUT2D eigenvalue weighted by Gasteiger charge is 2.30. The van der Waals surface area contributed by atoms with Crippen molar-refractivity contribution in [2.24, 2.45) is 0 Å². The number of carbonyl (C=O) groups is 1. The molecule has 20 heavy (non-hydrogen) atoms. The van der Waals surface area contributed by atoms with Crippen LogP contribution >= 0.6 is 11.8 Å². The molecule has 1 aromatic rings. The molecular weight excluding hydrogens is 270 g/mol. The predicted octanol–water partition coefficient (Wildman–Crippen LogP) is 2.87. The fraction of sp³-hybridized carbons (Fsp3) is 0.600. The van der Waals surface area contributed by atoms with Crippen molar-refractivity contribution < 1.29 is 4.79 Å². The Labute approximate surface area is 125 Å². The van der Waals surface area contributed by atoms with E-state index in [0.29, 0.717) is 10.8 Å². The van der Waals surface area contributed by atoms with E-state index in [1.54, 1.807) is 12.4 Å². The van der Waals surface area contributed by atoms with E-state index in [4.69, 9.17) is 0 Å². The average Bonchev–Trinajstić information content (AvgIpc) is 2.47. The predicted molar refractivity (Wildman–Crippen MR) is 85.4 cm³/mol. The number of aromatic nitrogens is 1. The second-order valence-corrected chi connectivity index (χ2v) is 6.65. The van der Waals surface area contributed by atoms with Gasteiger partial charge in [0.05, 0.1) is 11.3 Å². The van der Waals surface area contributed by atoms with Gasteiger partial charge in [0.25, 0.3) is 5.91 Å². The van der Waals surface area contributed by atoms with Crippen LogP contribution < -0.4 is 5.32 Å². The van der Waals surface area contributed by atoms with Gasteiger partial charge in [-0.15, -0.1) is 0 Å². The number of nitrogens with one attached hydrogen (secondary N) is 1. The number of anilines is 1. The Balaban J connectivity index is 2.19. The van der Waals surface area contributed by atoms with Gasteiger partial charge in [-0.25, -0.2) is 0 Å². The Kier molecular flexibility index (Phi) is 5.29. The minimum atomic E-state index is 0.0938. The number of rotatable bonds is 4. The Morgan fingerprint density at radius 1 is 1.55 bits per heavy atom. The number of pyridine rings is 1. The molecule has 1 saturated heterocycles. The highest BCUT2D eigenvalue weighted by molar-refractivity contribution is 8.00. The van der Waals surface area contributed by atoms with Crippen molar-refractivity contribution in [3.8, 4) is 0 Å². The molecule has 1 amide bonds. The van der Waals surface area contributed by atoms with Gasteiger partial charge in [-0.3, -0.25) is 9.78 Å². The van der Waals surface area contributed by atoms with Gasteiger partial charge in [-0.2, -0.15) is 11.8 Å². The summed E-state index contributed by atoms with van der Waals surface area (Å²) in [6.07, 6.45) is 4.44. The molecular formula is C15H23N3OS. The lowest BCUT2D eigenvalue weighted by atomic mass is 10.1. The first kappa shape index (κ1) is 15.2. The van der Waals surface area contributed by atoms with Crippen molar-refractivity contribution in [3.05, 3.63) is 24.0 Å². The Morgan fingerprint density at radius 2 is 2.35 bits per heavy atom. The first-order valence-corrected chi connectivity index (χ1v) is 8.30. The first-order valence-electron chi connectivity index (χ1n) is 7.25. The fourth-order valence-corrected chi connectivity index (χ4v) is 3.45. The lowest BCUT2D eigenvalue weighted by Gasteiger charge is -2.37. The molecule has 1 N–H and O–H groups in total. The Bertz CT molecular complexity index is 466. The molecule has 0 bridgehead atoms. The Hall–Kier alpha value is -1.23. The van der Waals surface area contributed by atoms with Crippen LogP contribution in [0.25, 0.3) is 0 Å². The van der Waals surface area contributed by atoms with Crippen LogP contribution in [-0.4, -0.2) is 45.9 Å². The summed E-state index contributed by atoms with van der Waals surface area (Å²) in [6, 6.07) is 2.15. The second-order valence-electron chi connectivity index (χ2n) is 5.16. The topological polar surface area (TPSA) is 45.2 Å². The molecule has 1 aromatic heterocycles. The molecule has 110 valence electrons. The molecule has 1 aliphatic heterocycles. The third kappa shape index (κ3) is 3.26. The van der Waals surface area contributed by atoms with Gasteiger partial charge in [-0.05, 0) is 19.4 Å². The van der Waals surface area contributed by atoms with Gasteiger partial charge in [0.2, 0.25) is 0 Å². The summed E-state index contributed by atoms with van der Waals surface area (Å²) in [5.41, 5.74) is 1.58. The number of hydrogen-bond donors (Lipinski definition) is 1. The van der Waals surface area contributed by atoms with Gasteiger partial charge < -0.3 is 10.2 Å². The van der Waals surface area contributed by atoms with E-state index in [0.717, 1.165) is 31.0 Å². The summed E-state index contributed by atoms with van der Waals surface area (Å²) in [6.45, 7) is 8.11. The van der Waals surface area contributed by atoms with Gasteiger partial charge in [0.1, 0.15) is 0 Å². The number of hydrogen-bond acceptors (Lipinski definition) is 4. The van der Waals surface area contributed by atoms with Crippen LogP contribution in [0, 0.1) is 0 Å². The number of thioether (sulfide) groups is 1. The van der Waals surface area contributed by atoms with Crippen LogP contribution in [0.4, 0.5) is 5.69 Å². The van der Waals surface area contributed by atoms with Gasteiger partial charge in [0.15, 0.2) is 0 Å². The number of nitrogens with zero attached hydrogens (tertiary/aromatic N) is 2. The maximum absolute atomic E-state index is 12.8. The van der Waals surface area contributed by atoms with Crippen LogP contribution in [-0.2, 0) is 0 Å². The van der Waals surface area contributed by atoms with E-state index < -0.39 is 0 Å². The molecule has 4 nitrogen and oxygen atoms in total. The third-order valence-corrected chi connectivity index (χ3v) is 5.10. The van der Waals surface area contributed by atoms with Gasteiger partial charge >= 0.3 is 0 Å². The van der Waals surface area contributed by atoms with Gasteiger partial charge in [-0.1, -0.05) is 13.8 Å². The zero-order valence-electron chi connectivity index (χ0n) is 12.4. The van der Waals surface area contributed by atoms with E-state index in [2.05, 4.69) is 31.1 Å². The molecule has 0 spiro atoms. The quantitative estimate of drug-likeness (QED) is 0.927. The molecule has 1 fully saturated rings. The number of amides is 1. The van der Waals surface area contributed by atoms with E-state index >= 15 is 0 Å². The van der Waals surface area contributed by atoms with Crippen LogP contribution in [0.1, 0.15) is 37.6 Å². The monoisotopic (exact) mass is 293 g/mol. The SMILES string of the molecule is CCCNc1ccncc1C(=O)N1CCSC(C)C1C. The molecule has 1 aliphatic rings. The molecule has 0 saturated carbocycles. The highest BCUT2D eigenvalue weighted by atomic mass is 32.2. The fourth-order valence-electron chi connectivity index (χ4n) is 2.35. The standard InChI is InChI=1S/C15H23N3OS/c1-4-6-17-14-5-7-16-10-13(14)15(19)18-8-9-20-12(3)11(18)2/h5,7,10-12H,4,6,8-9H2,1-3H3,(H,16,17). The lowest BCUT2D eigenvalue weighted by molar-refractivity contribution is 0.0698.